The number of nitrogens with one attached hydrogen (secondary N) is 1. The minimum absolute atomic E-state index is 0.0966. The Bertz CT molecular complexity index is 435. The van der Waals surface area contributed by atoms with E-state index in [-0.39, 0.29) is 12.0 Å². The lowest BCUT2D eigenvalue weighted by Gasteiger charge is -2.27. The molecule has 1 aromatic carbocycles. The molecule has 17 heavy (non-hydrogen) atoms. The number of cyclic esters (lactones) is 1. The Labute approximate surface area is 105 Å². The summed E-state index contributed by atoms with van der Waals surface area (Å²) in [5, 5.41) is 3.44. The second-order valence-electron chi connectivity index (χ2n) is 4.40. The zero-order valence-electron chi connectivity index (χ0n) is 9.52. The van der Waals surface area contributed by atoms with Crippen molar-refractivity contribution in [2.24, 2.45) is 0 Å². The Balaban J connectivity index is 1.78. The highest BCUT2D eigenvalue weighted by Gasteiger charge is 2.30. The maximum atomic E-state index is 11.5. The van der Waals surface area contributed by atoms with Crippen molar-refractivity contribution in [3.63, 3.8) is 0 Å². The van der Waals surface area contributed by atoms with Gasteiger partial charge in [0.05, 0.1) is 6.61 Å². The first-order valence-electron chi connectivity index (χ1n) is 5.99. The molecule has 0 saturated carbocycles. The van der Waals surface area contributed by atoms with Gasteiger partial charge in [-0.2, -0.15) is 0 Å². The molecule has 2 unspecified atom stereocenters. The highest BCUT2D eigenvalue weighted by molar-refractivity contribution is 7.99. The largest absolute Gasteiger partial charge is 0.464 e. The van der Waals surface area contributed by atoms with Crippen molar-refractivity contribution in [3.05, 3.63) is 29.8 Å². The van der Waals surface area contributed by atoms with Crippen molar-refractivity contribution >= 4 is 17.7 Å². The lowest BCUT2D eigenvalue weighted by atomic mass is 10.0. The molecule has 1 aromatic rings. The number of esters is 1. The van der Waals surface area contributed by atoms with E-state index in [1.807, 2.05) is 11.8 Å². The Morgan fingerprint density at radius 3 is 2.94 bits per heavy atom. The Morgan fingerprint density at radius 1 is 1.24 bits per heavy atom. The number of ether oxygens (including phenoxy) is 1. The van der Waals surface area contributed by atoms with Gasteiger partial charge in [-0.1, -0.05) is 18.2 Å². The van der Waals surface area contributed by atoms with E-state index in [1.165, 1.54) is 10.5 Å². The van der Waals surface area contributed by atoms with Crippen molar-refractivity contribution in [2.75, 3.05) is 12.4 Å². The fourth-order valence-corrected chi connectivity index (χ4v) is 3.53. The van der Waals surface area contributed by atoms with Crippen LogP contribution in [0.4, 0.5) is 0 Å². The summed E-state index contributed by atoms with van der Waals surface area (Å²) in [4.78, 5) is 12.8. The van der Waals surface area contributed by atoms with Crippen molar-refractivity contribution in [2.45, 2.75) is 29.8 Å². The lowest BCUT2D eigenvalue weighted by molar-refractivity contribution is -0.139. The molecule has 0 bridgehead atoms. The normalized spacial score (nSPS) is 27.6. The number of rotatable bonds is 2. The summed E-state index contributed by atoms with van der Waals surface area (Å²) < 4.78 is 4.99. The molecule has 0 amide bonds. The van der Waals surface area contributed by atoms with Gasteiger partial charge in [0.1, 0.15) is 6.04 Å². The van der Waals surface area contributed by atoms with E-state index in [0.717, 1.165) is 18.6 Å². The third-order valence-electron chi connectivity index (χ3n) is 3.30. The fourth-order valence-electron chi connectivity index (χ4n) is 2.41. The predicted octanol–water partition coefficient (Wildman–Crippen LogP) is 2.13. The second-order valence-corrected chi connectivity index (χ2v) is 5.54. The monoisotopic (exact) mass is 249 g/mol. The summed E-state index contributed by atoms with van der Waals surface area (Å²) in [7, 11) is 0. The highest BCUT2D eigenvalue weighted by Crippen LogP contribution is 2.36. The van der Waals surface area contributed by atoms with Crippen molar-refractivity contribution in [1.82, 2.24) is 5.32 Å². The molecule has 0 aliphatic carbocycles. The number of hydrogen-bond acceptors (Lipinski definition) is 4. The van der Waals surface area contributed by atoms with Gasteiger partial charge in [-0.15, -0.1) is 11.8 Å². The number of thioether (sulfide) groups is 1. The molecule has 2 aliphatic rings. The van der Waals surface area contributed by atoms with Crippen LogP contribution in [0.3, 0.4) is 0 Å². The van der Waals surface area contributed by atoms with Crippen LogP contribution in [0.25, 0.3) is 0 Å². The van der Waals surface area contributed by atoms with Gasteiger partial charge < -0.3 is 4.74 Å². The second kappa shape index (κ2) is 4.70. The molecule has 0 radical (unpaired) electrons. The topological polar surface area (TPSA) is 38.3 Å². The van der Waals surface area contributed by atoms with E-state index >= 15 is 0 Å². The molecule has 1 saturated heterocycles. The van der Waals surface area contributed by atoms with Crippen molar-refractivity contribution in [1.29, 1.82) is 0 Å². The standard InChI is InChI=1S/C13H15NO2S/c15-13-11(5-7-16-13)14-10-6-8-17-12-4-2-1-3-9(10)12/h1-4,10-11,14H,5-8H2. The molecule has 3 rings (SSSR count). The van der Waals surface area contributed by atoms with Gasteiger partial charge in [0.2, 0.25) is 0 Å². The third kappa shape index (κ3) is 2.19. The third-order valence-corrected chi connectivity index (χ3v) is 4.42. The van der Waals surface area contributed by atoms with Crippen molar-refractivity contribution < 1.29 is 9.53 Å². The van der Waals surface area contributed by atoms with E-state index in [2.05, 4.69) is 29.6 Å². The van der Waals surface area contributed by atoms with Crippen LogP contribution in [0.5, 0.6) is 0 Å². The Morgan fingerprint density at radius 2 is 2.12 bits per heavy atom. The van der Waals surface area contributed by atoms with Gasteiger partial charge in [-0.3, -0.25) is 10.1 Å². The molecule has 3 nitrogen and oxygen atoms in total. The number of benzene rings is 1. The van der Waals surface area contributed by atoms with Crippen LogP contribution >= 0.6 is 11.8 Å². The predicted molar refractivity (Wildman–Crippen MR) is 67.0 cm³/mol. The summed E-state index contributed by atoms with van der Waals surface area (Å²) in [5.74, 6) is 1.01. The zero-order valence-corrected chi connectivity index (χ0v) is 10.3. The molecule has 1 N–H and O–H groups in total. The number of carbonyl (C=O) groups excluding carboxylic acids is 1. The van der Waals surface area contributed by atoms with Gasteiger partial charge in [-0.25, -0.2) is 0 Å². The average Bonchev–Trinajstić information content (AvgIpc) is 2.76. The quantitative estimate of drug-likeness (QED) is 0.815. The zero-order chi connectivity index (χ0) is 11.7. The summed E-state index contributed by atoms with van der Waals surface area (Å²) in [6, 6.07) is 8.62. The van der Waals surface area contributed by atoms with Crippen LogP contribution in [0.15, 0.2) is 29.2 Å². The molecule has 0 aromatic heterocycles. The molecule has 2 atom stereocenters. The van der Waals surface area contributed by atoms with Gasteiger partial charge >= 0.3 is 5.97 Å². The first kappa shape index (κ1) is 11.1. The smallest absolute Gasteiger partial charge is 0.323 e. The molecule has 2 heterocycles. The van der Waals surface area contributed by atoms with E-state index in [0.29, 0.717) is 12.6 Å². The maximum Gasteiger partial charge on any atom is 0.323 e. The molecule has 90 valence electrons. The van der Waals surface area contributed by atoms with Crippen LogP contribution in [0.2, 0.25) is 0 Å². The molecular weight excluding hydrogens is 234 g/mol. The first-order chi connectivity index (χ1) is 8.34. The number of fused-ring (bicyclic) bond motifs is 1. The number of hydrogen-bond donors (Lipinski definition) is 1. The molecular formula is C13H15NO2S. The summed E-state index contributed by atoms with van der Waals surface area (Å²) in [6.45, 7) is 0.555. The van der Waals surface area contributed by atoms with E-state index in [1.54, 1.807) is 0 Å². The van der Waals surface area contributed by atoms with Crippen LogP contribution < -0.4 is 5.32 Å². The fraction of sp³-hybridized carbons (Fsp3) is 0.462. The molecule has 2 aliphatic heterocycles. The average molecular weight is 249 g/mol. The minimum Gasteiger partial charge on any atom is -0.464 e. The van der Waals surface area contributed by atoms with Crippen molar-refractivity contribution in [3.8, 4) is 0 Å². The number of carbonyl (C=O) groups is 1. The SMILES string of the molecule is O=C1OCCC1NC1CCSc2ccccc21. The molecule has 0 spiro atoms. The van der Waals surface area contributed by atoms with E-state index in [4.69, 9.17) is 4.74 Å². The minimum atomic E-state index is -0.115. The summed E-state index contributed by atoms with van der Waals surface area (Å²) in [5.41, 5.74) is 1.32. The first-order valence-corrected chi connectivity index (χ1v) is 6.97. The Kier molecular flexibility index (Phi) is 3.07. The van der Waals surface area contributed by atoms with Gasteiger partial charge in [-0.05, 0) is 23.8 Å². The van der Waals surface area contributed by atoms with E-state index < -0.39 is 0 Å². The van der Waals surface area contributed by atoms with Crippen LogP contribution in [-0.2, 0) is 9.53 Å². The van der Waals surface area contributed by atoms with E-state index in [9.17, 15) is 4.79 Å². The highest BCUT2D eigenvalue weighted by atomic mass is 32.2. The summed E-state index contributed by atoms with van der Waals surface area (Å²) >= 11 is 1.89. The summed E-state index contributed by atoms with van der Waals surface area (Å²) in [6.07, 6.45) is 1.87. The lowest BCUT2D eigenvalue weighted by Crippen LogP contribution is -2.37. The van der Waals surface area contributed by atoms with Gasteiger partial charge in [0.25, 0.3) is 0 Å². The molecule has 1 fully saturated rings. The van der Waals surface area contributed by atoms with Crippen LogP contribution in [-0.4, -0.2) is 24.4 Å². The van der Waals surface area contributed by atoms with Crippen LogP contribution in [0.1, 0.15) is 24.4 Å². The van der Waals surface area contributed by atoms with Gasteiger partial charge in [0.15, 0.2) is 0 Å². The molecule has 4 heteroatoms. The van der Waals surface area contributed by atoms with Gasteiger partial charge in [0, 0.05) is 17.4 Å². The van der Waals surface area contributed by atoms with Crippen LogP contribution in [0, 0.1) is 0 Å². The maximum absolute atomic E-state index is 11.5. The Hall–Kier alpha value is -1.00.